The van der Waals surface area contributed by atoms with Crippen molar-refractivity contribution in [1.82, 2.24) is 5.32 Å². The molecule has 0 heterocycles. The monoisotopic (exact) mass is 318 g/mol. The van der Waals surface area contributed by atoms with Crippen LogP contribution < -0.4 is 20.1 Å². The van der Waals surface area contributed by atoms with Gasteiger partial charge in [0.15, 0.2) is 11.5 Å². The molecule has 0 aromatic heterocycles. The van der Waals surface area contributed by atoms with Gasteiger partial charge in [0.05, 0.1) is 26.5 Å². The fourth-order valence-corrected chi connectivity index (χ4v) is 2.03. The highest BCUT2D eigenvalue weighted by Gasteiger charge is 2.07. The van der Waals surface area contributed by atoms with Crippen molar-refractivity contribution in [2.45, 2.75) is 6.54 Å². The van der Waals surface area contributed by atoms with Crippen molar-refractivity contribution in [3.05, 3.63) is 53.8 Å². The summed E-state index contributed by atoms with van der Waals surface area (Å²) in [5, 5.41) is 5.52. The zero-order valence-corrected chi connectivity index (χ0v) is 13.1. The van der Waals surface area contributed by atoms with Crippen molar-refractivity contribution in [1.29, 1.82) is 0 Å². The number of ether oxygens (including phenoxy) is 2. The van der Waals surface area contributed by atoms with Gasteiger partial charge in [0, 0.05) is 6.54 Å². The average Bonchev–Trinajstić information content (AvgIpc) is 2.58. The first-order valence-corrected chi connectivity index (χ1v) is 7.10. The lowest BCUT2D eigenvalue weighted by molar-refractivity contribution is -0.119. The molecule has 23 heavy (non-hydrogen) atoms. The normalized spacial score (nSPS) is 10.0. The number of hydrogen-bond donors (Lipinski definition) is 2. The van der Waals surface area contributed by atoms with E-state index in [0.29, 0.717) is 23.7 Å². The lowest BCUT2D eigenvalue weighted by Gasteiger charge is -2.11. The van der Waals surface area contributed by atoms with E-state index in [1.54, 1.807) is 44.6 Å². The Morgan fingerprint density at radius 1 is 1.09 bits per heavy atom. The van der Waals surface area contributed by atoms with Crippen LogP contribution in [0.25, 0.3) is 0 Å². The van der Waals surface area contributed by atoms with Crippen LogP contribution in [-0.4, -0.2) is 26.7 Å². The Hall–Kier alpha value is -2.76. The van der Waals surface area contributed by atoms with Gasteiger partial charge in [-0.25, -0.2) is 4.39 Å². The molecular weight excluding hydrogens is 299 g/mol. The second kappa shape index (κ2) is 8.03. The molecule has 122 valence electrons. The molecular formula is C17H19FN2O3. The van der Waals surface area contributed by atoms with Gasteiger partial charge in [-0.1, -0.05) is 18.2 Å². The first-order chi connectivity index (χ1) is 11.1. The molecule has 5 nitrogen and oxygen atoms in total. The molecule has 0 fully saturated rings. The van der Waals surface area contributed by atoms with E-state index in [1.807, 2.05) is 6.07 Å². The molecule has 0 saturated heterocycles. The molecule has 0 aliphatic rings. The van der Waals surface area contributed by atoms with E-state index in [-0.39, 0.29) is 18.3 Å². The van der Waals surface area contributed by atoms with Gasteiger partial charge in [-0.3, -0.25) is 4.79 Å². The number of carbonyl (C=O) groups is 1. The molecule has 0 unspecified atom stereocenters. The van der Waals surface area contributed by atoms with Crippen molar-refractivity contribution >= 4 is 11.6 Å². The molecule has 2 rings (SSSR count). The summed E-state index contributed by atoms with van der Waals surface area (Å²) < 4.78 is 23.8. The Labute approximate surface area is 134 Å². The Kier molecular flexibility index (Phi) is 5.80. The van der Waals surface area contributed by atoms with Gasteiger partial charge < -0.3 is 20.1 Å². The second-order valence-corrected chi connectivity index (χ2v) is 4.80. The lowest BCUT2D eigenvalue weighted by Crippen LogP contribution is -2.29. The number of benzene rings is 2. The third kappa shape index (κ3) is 4.60. The maximum Gasteiger partial charge on any atom is 0.239 e. The molecule has 0 bridgehead atoms. The van der Waals surface area contributed by atoms with Gasteiger partial charge in [0.1, 0.15) is 5.82 Å². The summed E-state index contributed by atoms with van der Waals surface area (Å²) in [5.74, 6) is 0.607. The van der Waals surface area contributed by atoms with Gasteiger partial charge >= 0.3 is 0 Å². The summed E-state index contributed by atoms with van der Waals surface area (Å²) in [6.45, 7) is 0.340. The van der Waals surface area contributed by atoms with Gasteiger partial charge in [0.25, 0.3) is 0 Å². The maximum absolute atomic E-state index is 13.4. The molecule has 0 spiro atoms. The number of amides is 1. The highest BCUT2D eigenvalue weighted by Crippen LogP contribution is 2.27. The third-order valence-electron chi connectivity index (χ3n) is 3.25. The molecule has 0 saturated carbocycles. The zero-order chi connectivity index (χ0) is 16.7. The van der Waals surface area contributed by atoms with Gasteiger partial charge in [0.2, 0.25) is 5.91 Å². The van der Waals surface area contributed by atoms with Gasteiger partial charge in [-0.15, -0.1) is 0 Å². The van der Waals surface area contributed by atoms with Crippen LogP contribution >= 0.6 is 0 Å². The van der Waals surface area contributed by atoms with Crippen molar-refractivity contribution < 1.29 is 18.7 Å². The molecule has 0 atom stereocenters. The Morgan fingerprint density at radius 3 is 2.52 bits per heavy atom. The largest absolute Gasteiger partial charge is 0.493 e. The first-order valence-electron chi connectivity index (χ1n) is 7.10. The smallest absolute Gasteiger partial charge is 0.239 e. The van der Waals surface area contributed by atoms with Crippen molar-refractivity contribution in [3.8, 4) is 11.5 Å². The number of anilines is 1. The van der Waals surface area contributed by atoms with E-state index in [9.17, 15) is 9.18 Å². The second-order valence-electron chi connectivity index (χ2n) is 4.80. The summed E-state index contributed by atoms with van der Waals surface area (Å²) >= 11 is 0. The number of nitrogens with one attached hydrogen (secondary N) is 2. The molecule has 2 N–H and O–H groups in total. The van der Waals surface area contributed by atoms with Crippen molar-refractivity contribution in [3.63, 3.8) is 0 Å². The van der Waals surface area contributed by atoms with Crippen LogP contribution in [0.2, 0.25) is 0 Å². The number of hydrogen-bond acceptors (Lipinski definition) is 4. The van der Waals surface area contributed by atoms with E-state index in [0.717, 1.165) is 5.56 Å². The number of carbonyl (C=O) groups excluding carboxylic acids is 1. The minimum Gasteiger partial charge on any atom is -0.493 e. The molecule has 6 heteroatoms. The fourth-order valence-electron chi connectivity index (χ4n) is 2.03. The molecule has 1 amide bonds. The molecule has 0 radical (unpaired) electrons. The summed E-state index contributed by atoms with van der Waals surface area (Å²) in [5.41, 5.74) is 1.18. The summed E-state index contributed by atoms with van der Waals surface area (Å²) in [7, 11) is 3.12. The average molecular weight is 318 g/mol. The highest BCUT2D eigenvalue weighted by molar-refractivity contribution is 5.80. The van der Waals surface area contributed by atoms with Gasteiger partial charge in [-0.05, 0) is 29.8 Å². The standard InChI is InChI=1S/C17H19FN2O3/c1-22-15-8-7-12(9-16(15)23-2)10-20-17(21)11-19-14-6-4-3-5-13(14)18/h3-9,19H,10-11H2,1-2H3,(H,20,21). The summed E-state index contributed by atoms with van der Waals surface area (Å²) in [4.78, 5) is 11.8. The number of methoxy groups -OCH3 is 2. The van der Waals surface area contributed by atoms with E-state index >= 15 is 0 Å². The number of halogens is 1. The van der Waals surface area contributed by atoms with E-state index in [2.05, 4.69) is 10.6 Å². The predicted molar refractivity (Wildman–Crippen MR) is 86.3 cm³/mol. The molecule has 0 aliphatic heterocycles. The zero-order valence-electron chi connectivity index (χ0n) is 13.1. The van der Waals surface area contributed by atoms with Crippen LogP contribution in [0.4, 0.5) is 10.1 Å². The van der Waals surface area contributed by atoms with E-state index in [4.69, 9.17) is 9.47 Å². The highest BCUT2D eigenvalue weighted by atomic mass is 19.1. The minimum atomic E-state index is -0.389. The van der Waals surface area contributed by atoms with Gasteiger partial charge in [-0.2, -0.15) is 0 Å². The maximum atomic E-state index is 13.4. The molecule has 2 aromatic rings. The Morgan fingerprint density at radius 2 is 1.83 bits per heavy atom. The van der Waals surface area contributed by atoms with E-state index in [1.165, 1.54) is 6.07 Å². The Balaban J connectivity index is 1.86. The fraction of sp³-hybridized carbons (Fsp3) is 0.235. The van der Waals surface area contributed by atoms with Crippen LogP contribution in [0, 0.1) is 5.82 Å². The van der Waals surface area contributed by atoms with Crippen LogP contribution in [0.15, 0.2) is 42.5 Å². The predicted octanol–water partition coefficient (Wildman–Crippen LogP) is 2.57. The summed E-state index contributed by atoms with van der Waals surface area (Å²) in [6.07, 6.45) is 0. The minimum absolute atomic E-state index is 0.00573. The Bertz CT molecular complexity index is 677. The number of rotatable bonds is 7. The molecule has 0 aliphatic carbocycles. The first kappa shape index (κ1) is 16.6. The third-order valence-corrected chi connectivity index (χ3v) is 3.25. The van der Waals surface area contributed by atoms with Crippen molar-refractivity contribution in [2.75, 3.05) is 26.1 Å². The number of para-hydroxylation sites is 1. The summed E-state index contributed by atoms with van der Waals surface area (Å²) in [6, 6.07) is 11.6. The van der Waals surface area contributed by atoms with Crippen molar-refractivity contribution in [2.24, 2.45) is 0 Å². The van der Waals surface area contributed by atoms with Crippen LogP contribution in [0.1, 0.15) is 5.56 Å². The van der Waals surface area contributed by atoms with Crippen LogP contribution in [0.5, 0.6) is 11.5 Å². The molecule has 2 aromatic carbocycles. The van der Waals surface area contributed by atoms with E-state index < -0.39 is 0 Å². The lowest BCUT2D eigenvalue weighted by atomic mass is 10.2. The topological polar surface area (TPSA) is 59.6 Å². The van der Waals surface area contributed by atoms with Crippen LogP contribution in [-0.2, 0) is 11.3 Å². The SMILES string of the molecule is COc1ccc(CNC(=O)CNc2ccccc2F)cc1OC. The quantitative estimate of drug-likeness (QED) is 0.824. The van der Waals surface area contributed by atoms with Crippen LogP contribution in [0.3, 0.4) is 0 Å².